The fraction of sp³-hybridized carbons (Fsp3) is 0.261. The van der Waals surface area contributed by atoms with Crippen molar-refractivity contribution in [2.24, 2.45) is 0 Å². The lowest BCUT2D eigenvalue weighted by Gasteiger charge is -2.17. The van der Waals surface area contributed by atoms with E-state index in [1.807, 2.05) is 0 Å². The Morgan fingerprint density at radius 1 is 0.867 bits per heavy atom. The van der Waals surface area contributed by atoms with Crippen molar-refractivity contribution in [2.75, 3.05) is 14.2 Å². The van der Waals surface area contributed by atoms with Crippen molar-refractivity contribution >= 4 is 0 Å². The second-order valence-corrected chi connectivity index (χ2v) is 7.12. The number of fused-ring (bicyclic) bond motifs is 1. The highest BCUT2D eigenvalue weighted by molar-refractivity contribution is 5.77. The Labute approximate surface area is 171 Å². The van der Waals surface area contributed by atoms with Gasteiger partial charge in [-0.1, -0.05) is 0 Å². The summed E-state index contributed by atoms with van der Waals surface area (Å²) in [6.45, 7) is 0. The lowest BCUT2D eigenvalue weighted by atomic mass is 9.95. The van der Waals surface area contributed by atoms with Crippen LogP contribution in [-0.4, -0.2) is 19.2 Å². The number of methoxy groups -OCH3 is 2. The molecule has 1 heterocycles. The Bertz CT molecular complexity index is 1090. The minimum absolute atomic E-state index is 0.0965. The van der Waals surface area contributed by atoms with E-state index in [1.54, 1.807) is 24.3 Å². The van der Waals surface area contributed by atoms with Gasteiger partial charge in [-0.2, -0.15) is 13.2 Å². The van der Waals surface area contributed by atoms with Crippen molar-refractivity contribution in [3.05, 3.63) is 65.1 Å². The number of alkyl halides is 3. The number of hydrogen-bond acceptors (Lipinski definition) is 3. The predicted octanol–water partition coefficient (Wildman–Crippen LogP) is 6.08. The maximum atomic E-state index is 13.9. The molecule has 3 aromatic rings. The number of aryl methyl sites for hydroxylation is 1. The molecule has 30 heavy (non-hydrogen) atoms. The number of nitrogens with zero attached hydrogens (tertiary/aromatic N) is 1. The van der Waals surface area contributed by atoms with Crippen molar-refractivity contribution in [2.45, 2.75) is 25.4 Å². The molecule has 0 aliphatic heterocycles. The summed E-state index contributed by atoms with van der Waals surface area (Å²) in [5, 5.41) is 0. The van der Waals surface area contributed by atoms with Gasteiger partial charge in [-0.05, 0) is 72.4 Å². The van der Waals surface area contributed by atoms with Crippen LogP contribution in [0.2, 0.25) is 0 Å². The summed E-state index contributed by atoms with van der Waals surface area (Å²) in [4.78, 5) is 4.48. The number of halogens is 4. The minimum atomic E-state index is -4.62. The zero-order valence-electron chi connectivity index (χ0n) is 16.4. The fourth-order valence-corrected chi connectivity index (χ4v) is 3.88. The summed E-state index contributed by atoms with van der Waals surface area (Å²) in [5.41, 5.74) is 2.14. The molecule has 2 aromatic carbocycles. The molecule has 0 fully saturated rings. The average molecular weight is 417 g/mol. The lowest BCUT2D eigenvalue weighted by Crippen LogP contribution is -2.08. The van der Waals surface area contributed by atoms with E-state index >= 15 is 0 Å². The van der Waals surface area contributed by atoms with Crippen LogP contribution in [0.15, 0.2) is 42.5 Å². The van der Waals surface area contributed by atoms with E-state index in [1.165, 1.54) is 14.2 Å². The summed E-state index contributed by atoms with van der Waals surface area (Å²) in [7, 11) is 3.06. The average Bonchev–Trinajstić information content (AvgIpc) is 3.20. The maximum Gasteiger partial charge on any atom is 0.417 e. The van der Waals surface area contributed by atoms with Crippen molar-refractivity contribution in [3.63, 3.8) is 0 Å². The molecule has 0 saturated carbocycles. The van der Waals surface area contributed by atoms with Crippen LogP contribution in [0.25, 0.3) is 22.4 Å². The van der Waals surface area contributed by atoms with Crippen molar-refractivity contribution in [1.82, 2.24) is 4.98 Å². The molecule has 0 saturated heterocycles. The van der Waals surface area contributed by atoms with Crippen LogP contribution in [0.4, 0.5) is 17.6 Å². The van der Waals surface area contributed by atoms with Gasteiger partial charge in [0.2, 0.25) is 0 Å². The molecule has 1 aliphatic carbocycles. The van der Waals surface area contributed by atoms with E-state index in [2.05, 4.69) is 4.98 Å². The first-order chi connectivity index (χ1) is 14.3. The molecule has 1 aromatic heterocycles. The first-order valence-electron chi connectivity index (χ1n) is 9.43. The molecule has 0 N–H and O–H groups in total. The quantitative estimate of drug-likeness (QED) is 0.482. The van der Waals surface area contributed by atoms with E-state index < -0.39 is 17.6 Å². The molecule has 1 aliphatic rings. The van der Waals surface area contributed by atoms with Gasteiger partial charge < -0.3 is 9.47 Å². The van der Waals surface area contributed by atoms with Gasteiger partial charge in [0.05, 0.1) is 25.5 Å². The molecular formula is C23H19F4NO2. The SMILES string of the molecule is COc1cc(OC)cc(-c2cc(-c3cc(F)ccc3C(F)(F)F)nc3c2CCC3)c1. The van der Waals surface area contributed by atoms with E-state index in [0.717, 1.165) is 53.4 Å². The van der Waals surface area contributed by atoms with Crippen molar-refractivity contribution < 1.29 is 27.0 Å². The van der Waals surface area contributed by atoms with Gasteiger partial charge in [-0.25, -0.2) is 4.39 Å². The largest absolute Gasteiger partial charge is 0.497 e. The minimum Gasteiger partial charge on any atom is -0.497 e. The standard InChI is InChI=1S/C23H19F4NO2/c1-29-15-8-13(9-16(11-15)30-2)18-12-22(28-21-5-3-4-17(18)21)19-10-14(24)6-7-20(19)23(25,26)27/h6-12H,3-5H2,1-2H3. The van der Waals surface area contributed by atoms with Crippen LogP contribution in [0, 0.1) is 5.82 Å². The number of rotatable bonds is 4. The van der Waals surface area contributed by atoms with Gasteiger partial charge in [0.1, 0.15) is 17.3 Å². The normalized spacial score (nSPS) is 13.3. The monoisotopic (exact) mass is 417 g/mol. The van der Waals surface area contributed by atoms with Gasteiger partial charge in [0, 0.05) is 17.3 Å². The molecule has 0 spiro atoms. The Kier molecular flexibility index (Phi) is 5.13. The molecule has 0 bridgehead atoms. The summed E-state index contributed by atoms with van der Waals surface area (Å²) in [6.07, 6.45) is -2.33. The van der Waals surface area contributed by atoms with E-state index in [4.69, 9.17) is 9.47 Å². The first kappa shape index (κ1) is 20.2. The molecule has 0 atom stereocenters. The van der Waals surface area contributed by atoms with Crippen LogP contribution < -0.4 is 9.47 Å². The van der Waals surface area contributed by atoms with Crippen molar-refractivity contribution in [1.29, 1.82) is 0 Å². The molecule has 0 radical (unpaired) electrons. The van der Waals surface area contributed by atoms with E-state index in [-0.39, 0.29) is 11.3 Å². The van der Waals surface area contributed by atoms with Crippen LogP contribution in [0.3, 0.4) is 0 Å². The Balaban J connectivity index is 1.96. The summed E-state index contributed by atoms with van der Waals surface area (Å²) >= 11 is 0. The van der Waals surface area contributed by atoms with Crippen LogP contribution in [0.1, 0.15) is 23.2 Å². The van der Waals surface area contributed by atoms with Crippen LogP contribution in [0.5, 0.6) is 11.5 Å². The second kappa shape index (κ2) is 7.63. The molecule has 4 rings (SSSR count). The third-order valence-electron chi connectivity index (χ3n) is 5.28. The zero-order valence-corrected chi connectivity index (χ0v) is 16.4. The fourth-order valence-electron chi connectivity index (χ4n) is 3.88. The molecule has 156 valence electrons. The highest BCUT2D eigenvalue weighted by Gasteiger charge is 2.34. The third-order valence-corrected chi connectivity index (χ3v) is 5.28. The Morgan fingerprint density at radius 3 is 2.20 bits per heavy atom. The summed E-state index contributed by atoms with van der Waals surface area (Å²) in [6, 6.07) is 9.39. The summed E-state index contributed by atoms with van der Waals surface area (Å²) in [5.74, 6) is 0.386. The molecule has 3 nitrogen and oxygen atoms in total. The van der Waals surface area contributed by atoms with Crippen molar-refractivity contribution in [3.8, 4) is 33.9 Å². The highest BCUT2D eigenvalue weighted by atomic mass is 19.4. The predicted molar refractivity (Wildman–Crippen MR) is 105 cm³/mol. The topological polar surface area (TPSA) is 31.4 Å². The van der Waals surface area contributed by atoms with E-state index in [0.29, 0.717) is 17.9 Å². The number of benzene rings is 2. The smallest absolute Gasteiger partial charge is 0.417 e. The first-order valence-corrected chi connectivity index (χ1v) is 9.43. The zero-order chi connectivity index (χ0) is 21.5. The maximum absolute atomic E-state index is 13.9. The second-order valence-electron chi connectivity index (χ2n) is 7.12. The van der Waals surface area contributed by atoms with Gasteiger partial charge in [-0.3, -0.25) is 4.98 Å². The Hall–Kier alpha value is -3.09. The third kappa shape index (κ3) is 3.72. The van der Waals surface area contributed by atoms with Gasteiger partial charge >= 0.3 is 6.18 Å². The molecular weight excluding hydrogens is 398 g/mol. The van der Waals surface area contributed by atoms with Gasteiger partial charge in [-0.15, -0.1) is 0 Å². The number of ether oxygens (including phenoxy) is 2. The lowest BCUT2D eigenvalue weighted by molar-refractivity contribution is -0.137. The summed E-state index contributed by atoms with van der Waals surface area (Å²) < 4.78 is 65.3. The van der Waals surface area contributed by atoms with E-state index in [9.17, 15) is 17.6 Å². The number of hydrogen-bond donors (Lipinski definition) is 0. The van der Waals surface area contributed by atoms with Crippen LogP contribution >= 0.6 is 0 Å². The van der Waals surface area contributed by atoms with Gasteiger partial charge in [0.15, 0.2) is 0 Å². The number of aromatic nitrogens is 1. The molecule has 0 amide bonds. The molecule has 0 unspecified atom stereocenters. The van der Waals surface area contributed by atoms with Gasteiger partial charge in [0.25, 0.3) is 0 Å². The molecule has 7 heteroatoms. The van der Waals surface area contributed by atoms with Crippen LogP contribution in [-0.2, 0) is 19.0 Å². The number of pyridine rings is 1. The Morgan fingerprint density at radius 2 is 1.57 bits per heavy atom. The highest BCUT2D eigenvalue weighted by Crippen LogP contribution is 2.41.